The van der Waals surface area contributed by atoms with E-state index in [4.69, 9.17) is 0 Å². The summed E-state index contributed by atoms with van der Waals surface area (Å²) in [5.41, 5.74) is 8.06. The van der Waals surface area contributed by atoms with E-state index in [0.29, 0.717) is 12.3 Å². The summed E-state index contributed by atoms with van der Waals surface area (Å²) in [5, 5.41) is 3.73. The lowest BCUT2D eigenvalue weighted by molar-refractivity contribution is 0.575. The number of benzene rings is 4. The van der Waals surface area contributed by atoms with Gasteiger partial charge in [0.05, 0.1) is 0 Å². The number of rotatable bonds is 5. The zero-order valence-electron chi connectivity index (χ0n) is 25.7. The zero-order chi connectivity index (χ0) is 30.5. The third-order valence-corrected chi connectivity index (χ3v) is 18.2. The summed E-state index contributed by atoms with van der Waals surface area (Å²) in [7, 11) is -6.31. The van der Waals surface area contributed by atoms with Crippen molar-refractivity contribution in [3.8, 4) is 0 Å². The molecular formula is C40H36O2P2. The van der Waals surface area contributed by atoms with Crippen molar-refractivity contribution in [3.63, 3.8) is 0 Å². The van der Waals surface area contributed by atoms with E-state index in [1.54, 1.807) is 0 Å². The van der Waals surface area contributed by atoms with Crippen LogP contribution in [0.2, 0.25) is 0 Å². The third-order valence-electron chi connectivity index (χ3n) is 10.9. The van der Waals surface area contributed by atoms with Gasteiger partial charge in [-0.1, -0.05) is 146 Å². The molecule has 4 aliphatic rings. The molecule has 0 aliphatic carbocycles. The maximum absolute atomic E-state index is 16.0. The second kappa shape index (κ2) is 9.40. The molecule has 4 heterocycles. The first kappa shape index (κ1) is 27.8. The Kier molecular flexibility index (Phi) is 5.95. The van der Waals surface area contributed by atoms with E-state index in [1.807, 2.05) is 48.5 Å². The van der Waals surface area contributed by atoms with Crippen molar-refractivity contribution < 1.29 is 9.13 Å². The van der Waals surface area contributed by atoms with Gasteiger partial charge in [0, 0.05) is 44.4 Å². The number of allylic oxidation sites excluding steroid dienone is 6. The highest BCUT2D eigenvalue weighted by Crippen LogP contribution is 2.92. The molecule has 44 heavy (non-hydrogen) atoms. The molecule has 0 aromatic heterocycles. The zero-order valence-corrected chi connectivity index (χ0v) is 27.5. The summed E-state index contributed by atoms with van der Waals surface area (Å²) >= 11 is 0. The minimum atomic E-state index is -3.15. The average molecular weight is 611 g/mol. The minimum Gasteiger partial charge on any atom is -0.314 e. The van der Waals surface area contributed by atoms with Crippen molar-refractivity contribution in [1.82, 2.24) is 0 Å². The Morgan fingerprint density at radius 3 is 1.00 bits per heavy atom. The normalized spacial score (nSPS) is 30.7. The van der Waals surface area contributed by atoms with Crippen LogP contribution in [0.5, 0.6) is 0 Å². The summed E-state index contributed by atoms with van der Waals surface area (Å²) < 4.78 is 32.1. The van der Waals surface area contributed by atoms with Gasteiger partial charge in [0.2, 0.25) is 0 Å². The molecule has 0 saturated heterocycles. The van der Waals surface area contributed by atoms with E-state index >= 15 is 9.13 Å². The molecule has 4 aliphatic heterocycles. The Morgan fingerprint density at radius 2 is 0.705 bits per heavy atom. The van der Waals surface area contributed by atoms with Gasteiger partial charge in [0.15, 0.2) is 0 Å². The molecule has 4 aromatic carbocycles. The number of hydrogen-bond acceptors (Lipinski definition) is 2. The largest absolute Gasteiger partial charge is 0.314 e. The fraction of sp³-hybridized carbons (Fsp3) is 0.200. The smallest absolute Gasteiger partial charge is 0.146 e. The van der Waals surface area contributed by atoms with Gasteiger partial charge in [-0.05, 0) is 47.2 Å². The summed E-state index contributed by atoms with van der Waals surface area (Å²) in [6.07, 6.45) is 1.11. The van der Waals surface area contributed by atoms with Crippen LogP contribution in [0.1, 0.15) is 49.9 Å². The highest BCUT2D eigenvalue weighted by atomic mass is 31.2. The summed E-state index contributed by atoms with van der Waals surface area (Å²) in [6.45, 7) is 8.88. The first-order valence-electron chi connectivity index (χ1n) is 15.5. The molecule has 4 aromatic rings. The highest BCUT2D eigenvalue weighted by molar-refractivity contribution is 7.85. The van der Waals surface area contributed by atoms with Gasteiger partial charge in [-0.2, -0.15) is 0 Å². The predicted molar refractivity (Wildman–Crippen MR) is 186 cm³/mol. The van der Waals surface area contributed by atoms with Gasteiger partial charge < -0.3 is 9.13 Å². The summed E-state index contributed by atoms with van der Waals surface area (Å²) in [4.78, 5) is 0. The third kappa shape index (κ3) is 3.45. The fourth-order valence-corrected chi connectivity index (χ4v) is 18.7. The van der Waals surface area contributed by atoms with E-state index in [0.717, 1.165) is 54.7 Å². The Morgan fingerprint density at radius 1 is 0.432 bits per heavy atom. The van der Waals surface area contributed by atoms with Gasteiger partial charge in [0.25, 0.3) is 0 Å². The fourth-order valence-electron chi connectivity index (χ4n) is 8.86. The lowest BCUT2D eigenvalue weighted by Gasteiger charge is -2.35. The SMILES string of the molecule is CC1=C(C2=C(C)C3(C)CP2(=O)C(c2ccccc2)=C3c2ccccc2)P2(=O)CC1(C)C(c1ccccc1)=C2c1ccccc1. The van der Waals surface area contributed by atoms with Crippen molar-refractivity contribution in [2.24, 2.45) is 10.8 Å². The standard InChI is InChI=1S/C40H36O2P2/c1-27-35(43(41)25-39(27,3)33(29-17-9-5-10-18-29)37(43)31-21-13-7-14-22-31)36-28(2)40(4)26-44(36,42)38(32-23-15-8-16-24-32)34(40)30-19-11-6-12-20-30/h5-24H,25-26H2,1-4H3. The van der Waals surface area contributed by atoms with Gasteiger partial charge in [-0.15, -0.1) is 0 Å². The lowest BCUT2D eigenvalue weighted by atomic mass is 9.72. The van der Waals surface area contributed by atoms with Crippen LogP contribution in [0.4, 0.5) is 0 Å². The molecular weight excluding hydrogens is 574 g/mol. The molecule has 4 unspecified atom stereocenters. The van der Waals surface area contributed by atoms with Crippen LogP contribution < -0.4 is 0 Å². The quantitative estimate of drug-likeness (QED) is 0.211. The maximum atomic E-state index is 16.0. The number of fused-ring (bicyclic) bond motifs is 4. The predicted octanol–water partition coefficient (Wildman–Crippen LogP) is 11.5. The number of hydrogen-bond donors (Lipinski definition) is 0. The minimum absolute atomic E-state index is 0.410. The molecule has 4 heteroatoms. The second-order valence-electron chi connectivity index (χ2n) is 13.3. The van der Waals surface area contributed by atoms with E-state index < -0.39 is 25.1 Å². The van der Waals surface area contributed by atoms with Crippen molar-refractivity contribution in [2.75, 3.05) is 12.3 Å². The Bertz CT molecular complexity index is 1930. The van der Waals surface area contributed by atoms with Crippen LogP contribution in [0.3, 0.4) is 0 Å². The molecule has 4 bridgehead atoms. The molecule has 4 atom stereocenters. The molecule has 8 rings (SSSR count). The molecule has 0 amide bonds. The summed E-state index contributed by atoms with van der Waals surface area (Å²) in [6, 6.07) is 41.5. The van der Waals surface area contributed by atoms with Crippen LogP contribution in [0.15, 0.2) is 143 Å². The molecule has 0 radical (unpaired) electrons. The van der Waals surface area contributed by atoms with Gasteiger partial charge in [0.1, 0.15) is 14.3 Å². The van der Waals surface area contributed by atoms with E-state index in [2.05, 4.69) is 100 Å². The van der Waals surface area contributed by atoms with Crippen molar-refractivity contribution in [2.45, 2.75) is 27.7 Å². The second-order valence-corrected chi connectivity index (χ2v) is 18.7. The molecule has 0 fully saturated rings. The maximum Gasteiger partial charge on any atom is 0.146 e. The lowest BCUT2D eigenvalue weighted by Crippen LogP contribution is -2.20. The van der Waals surface area contributed by atoms with Crippen molar-refractivity contribution in [1.29, 1.82) is 0 Å². The molecule has 0 N–H and O–H groups in total. The van der Waals surface area contributed by atoms with Gasteiger partial charge in [-0.3, -0.25) is 0 Å². The van der Waals surface area contributed by atoms with Gasteiger partial charge in [-0.25, -0.2) is 0 Å². The molecule has 0 saturated carbocycles. The van der Waals surface area contributed by atoms with Crippen molar-refractivity contribution in [3.05, 3.63) is 165 Å². The van der Waals surface area contributed by atoms with Crippen LogP contribution in [0.25, 0.3) is 21.8 Å². The molecule has 2 nitrogen and oxygen atoms in total. The van der Waals surface area contributed by atoms with E-state index in [9.17, 15) is 0 Å². The average Bonchev–Trinajstić information content (AvgIpc) is 3.60. The van der Waals surface area contributed by atoms with Crippen molar-refractivity contribution >= 4 is 36.1 Å². The first-order valence-corrected chi connectivity index (χ1v) is 19.3. The Hall–Kier alpha value is -3.70. The van der Waals surface area contributed by atoms with E-state index in [1.165, 1.54) is 11.1 Å². The van der Waals surface area contributed by atoms with Crippen LogP contribution in [0, 0.1) is 10.8 Å². The molecule has 218 valence electrons. The van der Waals surface area contributed by atoms with Crippen LogP contribution >= 0.6 is 14.3 Å². The summed E-state index contributed by atoms with van der Waals surface area (Å²) in [5.74, 6) is 0. The van der Waals surface area contributed by atoms with Gasteiger partial charge >= 0.3 is 0 Å². The van der Waals surface area contributed by atoms with Crippen LogP contribution in [-0.4, -0.2) is 12.3 Å². The Balaban J connectivity index is 1.41. The highest BCUT2D eigenvalue weighted by Gasteiger charge is 2.66. The molecule has 0 spiro atoms. The first-order chi connectivity index (χ1) is 21.1. The Labute approximate surface area is 260 Å². The van der Waals surface area contributed by atoms with E-state index in [-0.39, 0.29) is 0 Å². The topological polar surface area (TPSA) is 34.1 Å². The van der Waals surface area contributed by atoms with Crippen LogP contribution in [-0.2, 0) is 9.13 Å². The monoisotopic (exact) mass is 610 g/mol.